The van der Waals surface area contributed by atoms with Gasteiger partial charge < -0.3 is 14.5 Å². The van der Waals surface area contributed by atoms with Crippen molar-refractivity contribution in [2.24, 2.45) is 0 Å². The lowest BCUT2D eigenvalue weighted by molar-refractivity contribution is -0.107. The van der Waals surface area contributed by atoms with Crippen molar-refractivity contribution in [3.63, 3.8) is 0 Å². The van der Waals surface area contributed by atoms with Crippen LogP contribution < -0.4 is 0 Å². The Hall–Kier alpha value is -2.77. The molecule has 6 nitrogen and oxygen atoms in total. The summed E-state index contributed by atoms with van der Waals surface area (Å²) in [5, 5.41) is 9.88. The molecular weight excluding hydrogens is 380 g/mol. The summed E-state index contributed by atoms with van der Waals surface area (Å²) in [6.07, 6.45) is 2.20. The van der Waals surface area contributed by atoms with Crippen LogP contribution in [0.4, 0.5) is 13.6 Å². The van der Waals surface area contributed by atoms with Crippen LogP contribution in [0.2, 0.25) is 0 Å². The van der Waals surface area contributed by atoms with E-state index in [1.54, 1.807) is 37.6 Å². The quantitative estimate of drug-likeness (QED) is 0.770. The molecule has 29 heavy (non-hydrogen) atoms. The van der Waals surface area contributed by atoms with Crippen LogP contribution in [0.15, 0.2) is 24.4 Å². The zero-order valence-electron chi connectivity index (χ0n) is 16.7. The van der Waals surface area contributed by atoms with Gasteiger partial charge in [0.15, 0.2) is 11.6 Å². The normalized spacial score (nSPS) is 19.3. The molecule has 2 heterocycles. The first-order valence-electron chi connectivity index (χ1n) is 9.59. The third-order valence-electron chi connectivity index (χ3n) is 5.41. The number of hydrogen-bond donors (Lipinski definition) is 1. The van der Waals surface area contributed by atoms with E-state index in [4.69, 9.17) is 0 Å². The Balaban J connectivity index is 2.10. The number of aldehydes is 1. The van der Waals surface area contributed by atoms with Gasteiger partial charge in [0.2, 0.25) is 0 Å². The minimum absolute atomic E-state index is 0.112. The van der Waals surface area contributed by atoms with Gasteiger partial charge in [0.1, 0.15) is 12.1 Å². The number of halogens is 2. The molecule has 1 aromatic heterocycles. The number of imidazole rings is 1. The first kappa shape index (κ1) is 21.0. The Morgan fingerprint density at radius 3 is 2.69 bits per heavy atom. The van der Waals surface area contributed by atoms with Crippen molar-refractivity contribution < 1.29 is 23.5 Å². The van der Waals surface area contributed by atoms with Crippen molar-refractivity contribution >= 4 is 12.4 Å². The molecule has 156 valence electrons. The average molecular weight is 405 g/mol. The third kappa shape index (κ3) is 4.02. The standard InChI is InChI=1S/C21H25F2N3O3/c1-21(2,3)26(20(28)29)17-8-7-13(15-5-4-6-16(22)18(15)23)12-25-14(9-10-27)11-24-19(17)25/h4-6,10-11,13,17H,7-9,12H2,1-3H3,(H,28,29)/t13-,17-/m1/s1. The van der Waals surface area contributed by atoms with Crippen LogP contribution in [0.1, 0.15) is 62.7 Å². The van der Waals surface area contributed by atoms with Gasteiger partial charge in [-0.1, -0.05) is 12.1 Å². The number of aromatic nitrogens is 2. The molecule has 0 fully saturated rings. The summed E-state index contributed by atoms with van der Waals surface area (Å²) in [4.78, 5) is 29.0. The summed E-state index contributed by atoms with van der Waals surface area (Å²) in [6, 6.07) is 3.54. The van der Waals surface area contributed by atoms with Crippen LogP contribution in [0.25, 0.3) is 0 Å². The van der Waals surface area contributed by atoms with E-state index >= 15 is 0 Å². The van der Waals surface area contributed by atoms with Crippen LogP contribution in [0.5, 0.6) is 0 Å². The van der Waals surface area contributed by atoms with E-state index in [1.165, 1.54) is 11.0 Å². The highest BCUT2D eigenvalue weighted by Crippen LogP contribution is 2.39. The summed E-state index contributed by atoms with van der Waals surface area (Å²) in [7, 11) is 0. The number of hydrogen-bond acceptors (Lipinski definition) is 3. The first-order chi connectivity index (χ1) is 13.6. The average Bonchev–Trinajstić information content (AvgIpc) is 2.91. The molecule has 1 aromatic carbocycles. The molecule has 2 aromatic rings. The molecule has 1 N–H and O–H groups in total. The van der Waals surface area contributed by atoms with E-state index in [0.29, 0.717) is 30.9 Å². The van der Waals surface area contributed by atoms with Crippen LogP contribution in [0.3, 0.4) is 0 Å². The van der Waals surface area contributed by atoms with Crippen LogP contribution in [0, 0.1) is 11.6 Å². The molecular formula is C21H25F2N3O3. The van der Waals surface area contributed by atoms with Gasteiger partial charge in [-0.05, 0) is 45.2 Å². The maximum atomic E-state index is 14.5. The van der Waals surface area contributed by atoms with Crippen LogP contribution in [-0.4, -0.2) is 37.5 Å². The molecule has 0 saturated heterocycles. The zero-order valence-corrected chi connectivity index (χ0v) is 16.7. The van der Waals surface area contributed by atoms with E-state index in [0.717, 1.165) is 12.4 Å². The molecule has 0 bridgehead atoms. The molecule has 0 unspecified atom stereocenters. The summed E-state index contributed by atoms with van der Waals surface area (Å²) in [6.45, 7) is 5.70. The highest BCUT2D eigenvalue weighted by Gasteiger charge is 2.39. The van der Waals surface area contributed by atoms with Crippen molar-refractivity contribution in [2.45, 2.75) is 64.1 Å². The number of carbonyl (C=O) groups is 2. The van der Waals surface area contributed by atoms with Crippen LogP contribution >= 0.6 is 0 Å². The maximum Gasteiger partial charge on any atom is 0.408 e. The van der Waals surface area contributed by atoms with E-state index in [2.05, 4.69) is 4.98 Å². The predicted molar refractivity (Wildman–Crippen MR) is 103 cm³/mol. The second-order valence-corrected chi connectivity index (χ2v) is 8.35. The van der Waals surface area contributed by atoms with E-state index in [1.807, 2.05) is 0 Å². The monoisotopic (exact) mass is 405 g/mol. The predicted octanol–water partition coefficient (Wildman–Crippen LogP) is 4.30. The third-order valence-corrected chi connectivity index (χ3v) is 5.41. The Labute approximate surface area is 168 Å². The number of amides is 1. The van der Waals surface area contributed by atoms with Gasteiger partial charge in [0.05, 0.1) is 6.04 Å². The minimum atomic E-state index is -1.08. The second kappa shape index (κ2) is 7.93. The number of fused-ring (bicyclic) bond motifs is 1. The van der Waals surface area contributed by atoms with Gasteiger partial charge in [-0.2, -0.15) is 0 Å². The number of carbonyl (C=O) groups excluding carboxylic acids is 1. The summed E-state index contributed by atoms with van der Waals surface area (Å²) in [5.74, 6) is -1.65. The lowest BCUT2D eigenvalue weighted by Gasteiger charge is -2.39. The lowest BCUT2D eigenvalue weighted by Crippen LogP contribution is -2.47. The van der Waals surface area contributed by atoms with Gasteiger partial charge in [0, 0.05) is 36.3 Å². The summed E-state index contributed by atoms with van der Waals surface area (Å²) < 4.78 is 30.1. The first-order valence-corrected chi connectivity index (χ1v) is 9.59. The van der Waals surface area contributed by atoms with E-state index in [9.17, 15) is 23.5 Å². The Kier molecular flexibility index (Phi) is 5.73. The fraction of sp³-hybridized carbons (Fsp3) is 0.476. The SMILES string of the molecule is CC(C)(C)N(C(=O)O)[C@@H]1CC[C@@H](c2cccc(F)c2F)Cn2c(CC=O)cnc21. The molecule has 1 aliphatic heterocycles. The molecule has 2 atom stereocenters. The maximum absolute atomic E-state index is 14.5. The van der Waals surface area contributed by atoms with Gasteiger partial charge >= 0.3 is 6.09 Å². The summed E-state index contributed by atoms with van der Waals surface area (Å²) >= 11 is 0. The molecule has 1 amide bonds. The summed E-state index contributed by atoms with van der Waals surface area (Å²) in [5.41, 5.74) is 0.185. The largest absolute Gasteiger partial charge is 0.465 e. The van der Waals surface area contributed by atoms with Gasteiger partial charge in [-0.15, -0.1) is 0 Å². The number of benzene rings is 1. The fourth-order valence-electron chi connectivity index (χ4n) is 4.17. The Bertz CT molecular complexity index is 920. The molecule has 0 saturated carbocycles. The minimum Gasteiger partial charge on any atom is -0.465 e. The van der Waals surface area contributed by atoms with Crippen molar-refractivity contribution in [3.8, 4) is 0 Å². The fourth-order valence-corrected chi connectivity index (χ4v) is 4.17. The number of carboxylic acid groups (broad SMARTS) is 1. The molecule has 8 heteroatoms. The Morgan fingerprint density at radius 1 is 1.34 bits per heavy atom. The van der Waals surface area contributed by atoms with Crippen LogP contribution in [-0.2, 0) is 17.8 Å². The van der Waals surface area contributed by atoms with E-state index in [-0.39, 0.29) is 17.9 Å². The van der Waals surface area contributed by atoms with Gasteiger partial charge in [-0.3, -0.25) is 4.90 Å². The van der Waals surface area contributed by atoms with Crippen molar-refractivity contribution in [2.75, 3.05) is 0 Å². The smallest absolute Gasteiger partial charge is 0.408 e. The zero-order chi connectivity index (χ0) is 21.3. The van der Waals surface area contributed by atoms with E-state index < -0.39 is 29.3 Å². The molecule has 1 aliphatic rings. The van der Waals surface area contributed by atoms with Crippen molar-refractivity contribution in [1.29, 1.82) is 0 Å². The second-order valence-electron chi connectivity index (χ2n) is 8.35. The van der Waals surface area contributed by atoms with Crippen molar-refractivity contribution in [3.05, 3.63) is 53.1 Å². The number of rotatable bonds is 4. The molecule has 0 radical (unpaired) electrons. The lowest BCUT2D eigenvalue weighted by atomic mass is 9.91. The van der Waals surface area contributed by atoms with Gasteiger partial charge in [0.25, 0.3) is 0 Å². The number of nitrogens with zero attached hydrogens (tertiary/aromatic N) is 3. The molecule has 0 aliphatic carbocycles. The highest BCUT2D eigenvalue weighted by atomic mass is 19.2. The molecule has 0 spiro atoms. The highest BCUT2D eigenvalue weighted by molar-refractivity contribution is 5.66. The Morgan fingerprint density at radius 2 is 2.07 bits per heavy atom. The molecule has 3 rings (SSSR count). The topological polar surface area (TPSA) is 75.4 Å². The van der Waals surface area contributed by atoms with Crippen molar-refractivity contribution in [1.82, 2.24) is 14.5 Å². The van der Waals surface area contributed by atoms with Gasteiger partial charge in [-0.25, -0.2) is 18.6 Å².